The van der Waals surface area contributed by atoms with E-state index in [1.807, 2.05) is 0 Å². The minimum atomic E-state index is -9.08. The third kappa shape index (κ3) is 7.56. The van der Waals surface area contributed by atoms with Crippen molar-refractivity contribution in [3.05, 3.63) is 207 Å². The molecule has 0 fully saturated rings. The Hall–Kier alpha value is -5.90. The van der Waals surface area contributed by atoms with E-state index in [1.54, 1.807) is 0 Å². The average molecular weight is 959 g/mol. The molecule has 7 rings (SSSR count). The van der Waals surface area contributed by atoms with Crippen molar-refractivity contribution in [3.8, 4) is 0 Å². The van der Waals surface area contributed by atoms with Gasteiger partial charge in [-0.05, 0) is 36.4 Å². The van der Waals surface area contributed by atoms with E-state index in [1.165, 1.54) is 15.9 Å². The summed E-state index contributed by atoms with van der Waals surface area (Å²) in [5.74, 6) is -70.8. The molecule has 0 heterocycles. The van der Waals surface area contributed by atoms with Crippen molar-refractivity contribution in [2.75, 3.05) is 0 Å². The Balaban J connectivity index is 0.000000295. The maximum Gasteiger partial charge on any atom is 0.300 e. The number of halogens is 20. The molecule has 0 radical (unpaired) electrons. The van der Waals surface area contributed by atoms with Crippen LogP contribution in [-0.2, 0) is 0 Å². The second-order valence-electron chi connectivity index (χ2n) is 13.3. The lowest BCUT2D eigenvalue weighted by Crippen LogP contribution is -2.81. The first-order valence-corrected chi connectivity index (χ1v) is 21.2. The number of rotatable bonds is 7. The highest BCUT2D eigenvalue weighted by Crippen LogP contribution is 2.33. The third-order valence-electron chi connectivity index (χ3n) is 9.89. The van der Waals surface area contributed by atoms with Crippen LogP contribution in [0.5, 0.6) is 0 Å². The molecule has 0 N–H and O–H groups in total. The van der Waals surface area contributed by atoms with Crippen molar-refractivity contribution in [1.82, 2.24) is 0 Å². The summed E-state index contributed by atoms with van der Waals surface area (Å²) in [6.07, 6.45) is 0. The summed E-state index contributed by atoms with van der Waals surface area (Å²) < 4.78 is 280. The van der Waals surface area contributed by atoms with Crippen LogP contribution in [0.4, 0.5) is 87.8 Å². The lowest BCUT2D eigenvalue weighted by molar-refractivity contribution is 0.378. The molecule has 0 spiro atoms. The van der Waals surface area contributed by atoms with Crippen LogP contribution in [-0.4, -0.2) is 13.1 Å². The van der Waals surface area contributed by atoms with Gasteiger partial charge in [-0.25, -0.2) is 87.8 Å². The largest absolute Gasteiger partial charge is 0.300 e. The molecule has 64 heavy (non-hydrogen) atoms. The number of hydrogen-bond donors (Lipinski definition) is 0. The van der Waals surface area contributed by atoms with E-state index in [4.69, 9.17) is 0 Å². The van der Waals surface area contributed by atoms with Crippen LogP contribution in [0.1, 0.15) is 0 Å². The summed E-state index contributed by atoms with van der Waals surface area (Å²) in [6.45, 7) is 0. The first kappa shape index (κ1) is 47.6. The highest BCUT2D eigenvalue weighted by Gasteiger charge is 2.55. The summed E-state index contributed by atoms with van der Waals surface area (Å²) in [4.78, 5) is 0. The van der Waals surface area contributed by atoms with Gasteiger partial charge in [-0.15, -0.1) is 17.7 Å². The van der Waals surface area contributed by atoms with Gasteiger partial charge in [0.2, 0.25) is 0 Å². The van der Waals surface area contributed by atoms with Gasteiger partial charge in [0.15, 0.2) is 69.8 Å². The normalized spacial score (nSPS) is 11.6. The van der Waals surface area contributed by atoms with Crippen molar-refractivity contribution in [2.24, 2.45) is 0 Å². The molecule has 7 aromatic rings. The molecular formula is C42H16AlF20P. The zero-order valence-electron chi connectivity index (χ0n) is 30.8. The minimum Gasteiger partial charge on any atom is -0.208 e. The molecular weight excluding hydrogens is 942 g/mol. The van der Waals surface area contributed by atoms with Crippen molar-refractivity contribution in [3.63, 3.8) is 0 Å². The molecule has 7 aromatic carbocycles. The molecule has 0 saturated carbocycles. The molecule has 0 aliphatic rings. The molecule has 0 atom stereocenters. The predicted octanol–water partition coefficient (Wildman–Crippen LogP) is 9.02. The van der Waals surface area contributed by atoms with Crippen LogP contribution in [0.2, 0.25) is 0 Å². The van der Waals surface area contributed by atoms with Gasteiger partial charge < -0.3 is 0 Å². The van der Waals surface area contributed by atoms with Gasteiger partial charge in [0.25, 0.3) is 0 Å². The molecule has 0 aliphatic carbocycles. The Kier molecular flexibility index (Phi) is 13.6. The summed E-state index contributed by atoms with van der Waals surface area (Å²) in [6, 6.07) is 32.5. The monoisotopic (exact) mass is 958 g/mol. The molecule has 332 valence electrons. The summed E-state index contributed by atoms with van der Waals surface area (Å²) in [5, 5.41) is 4.31. The SMILES string of the molecule is Fc1c(F)c(F)[c]([Al-]([c]2c(F)c(F)c(F)c(F)c2F)([c]2c(F)c(F)c(F)c(F)c2F)[c]2c(F)c(F)c(F)c(F)c2F)c(F)c1F.c1ccc([PH+](c2ccccc2)c2ccccc2)cc1. The second kappa shape index (κ2) is 18.3. The van der Waals surface area contributed by atoms with Crippen LogP contribution in [0.15, 0.2) is 91.0 Å². The molecule has 0 unspecified atom stereocenters. The third-order valence-corrected chi connectivity index (χ3v) is 18.1. The van der Waals surface area contributed by atoms with Gasteiger partial charge in [0.1, 0.15) is 62.5 Å². The van der Waals surface area contributed by atoms with Gasteiger partial charge in [-0.1, -0.05) is 54.6 Å². The van der Waals surface area contributed by atoms with Crippen LogP contribution in [0, 0.1) is 116 Å². The first-order valence-electron chi connectivity index (χ1n) is 17.4. The summed E-state index contributed by atoms with van der Waals surface area (Å²) in [7, 11) is -0.877. The van der Waals surface area contributed by atoms with Gasteiger partial charge >= 0.3 is 13.1 Å². The summed E-state index contributed by atoms with van der Waals surface area (Å²) >= 11 is -9.08. The lowest BCUT2D eigenvalue weighted by Gasteiger charge is -2.42. The fourth-order valence-corrected chi connectivity index (χ4v) is 15.6. The maximum absolute atomic E-state index is 15.4. The fraction of sp³-hybridized carbons (Fsp3) is 0. The molecule has 0 aliphatic heterocycles. The van der Waals surface area contributed by atoms with E-state index in [9.17, 15) is 52.7 Å². The molecule has 0 nitrogen and oxygen atoms in total. The van der Waals surface area contributed by atoms with Crippen LogP contribution in [0.25, 0.3) is 0 Å². The van der Waals surface area contributed by atoms with E-state index < -0.39 is 155 Å². The smallest absolute Gasteiger partial charge is 0.208 e. The van der Waals surface area contributed by atoms with Crippen molar-refractivity contribution < 1.29 is 87.8 Å². The number of benzene rings is 7. The van der Waals surface area contributed by atoms with Crippen LogP contribution in [0.3, 0.4) is 0 Å². The second-order valence-corrected chi connectivity index (χ2v) is 19.8. The van der Waals surface area contributed by atoms with E-state index in [0.717, 1.165) is 0 Å². The summed E-state index contributed by atoms with van der Waals surface area (Å²) in [5.41, 5.74) is 0. The van der Waals surface area contributed by atoms with Crippen LogP contribution >= 0.6 is 7.92 Å². The Bertz CT molecular complexity index is 2460. The van der Waals surface area contributed by atoms with Crippen molar-refractivity contribution in [1.29, 1.82) is 0 Å². The van der Waals surface area contributed by atoms with Gasteiger partial charge in [-0.3, -0.25) is 0 Å². The minimum absolute atomic E-state index is 0.877. The Morgan fingerprint density at radius 3 is 0.500 bits per heavy atom. The van der Waals surface area contributed by atoms with Gasteiger partial charge in [0.05, 0.1) is 7.92 Å². The molecule has 22 heteroatoms. The zero-order valence-corrected chi connectivity index (χ0v) is 33.0. The van der Waals surface area contributed by atoms with E-state index in [2.05, 4.69) is 91.0 Å². The van der Waals surface area contributed by atoms with Gasteiger partial charge in [-0.2, -0.15) is 0 Å². The molecule has 0 saturated heterocycles. The average Bonchev–Trinajstić information content (AvgIpc) is 3.30. The van der Waals surface area contributed by atoms with Crippen molar-refractivity contribution >= 4 is 54.6 Å². The quantitative estimate of drug-likeness (QED) is 0.0493. The van der Waals surface area contributed by atoms with Crippen LogP contribution < -0.4 is 33.6 Å². The van der Waals surface area contributed by atoms with E-state index in [-0.39, 0.29) is 0 Å². The zero-order chi connectivity index (χ0) is 47.3. The highest BCUT2D eigenvalue weighted by molar-refractivity contribution is 7.79. The molecule has 0 bridgehead atoms. The first-order chi connectivity index (χ1) is 30.2. The van der Waals surface area contributed by atoms with Crippen molar-refractivity contribution in [2.45, 2.75) is 0 Å². The Morgan fingerprint density at radius 2 is 0.344 bits per heavy atom. The van der Waals surface area contributed by atoms with E-state index in [0.29, 0.717) is 0 Å². The van der Waals surface area contributed by atoms with E-state index >= 15 is 35.1 Å². The molecule has 0 amide bonds. The maximum atomic E-state index is 15.4. The Morgan fingerprint density at radius 1 is 0.203 bits per heavy atom. The van der Waals surface area contributed by atoms with Gasteiger partial charge in [0, 0.05) is 0 Å². The molecule has 0 aromatic heterocycles. The topological polar surface area (TPSA) is 0 Å². The fourth-order valence-electron chi connectivity index (χ4n) is 7.19. The number of hydrogen-bond acceptors (Lipinski definition) is 0. The predicted molar refractivity (Wildman–Crippen MR) is 196 cm³/mol. The highest BCUT2D eigenvalue weighted by atomic mass is 31.1. The Labute approximate surface area is 349 Å². The lowest BCUT2D eigenvalue weighted by atomic mass is 10.2. The standard InChI is InChI=1S/C18H15P.4C6F5.Al/c1-4-10-16(11-5-1)19(17-12-6-2-7-13-17)18-14-8-3-9-15-18;4*7-2-1-3(8)5(10)6(11)4(2)9;/h1-15H;;;;;/q;;;;;-1/p+1.